The van der Waals surface area contributed by atoms with Crippen LogP contribution >= 0.6 is 11.6 Å². The summed E-state index contributed by atoms with van der Waals surface area (Å²) in [5.41, 5.74) is 2.02. The van der Waals surface area contributed by atoms with E-state index < -0.39 is 0 Å². The second kappa shape index (κ2) is 9.71. The molecule has 148 valence electrons. The summed E-state index contributed by atoms with van der Waals surface area (Å²) in [6.07, 6.45) is 3.35. The number of hydrogen-bond acceptors (Lipinski definition) is 4. The van der Waals surface area contributed by atoms with Crippen molar-refractivity contribution < 1.29 is 14.3 Å². The van der Waals surface area contributed by atoms with Crippen molar-refractivity contribution >= 4 is 29.1 Å². The first-order valence-corrected chi connectivity index (χ1v) is 9.46. The summed E-state index contributed by atoms with van der Waals surface area (Å²) in [5, 5.41) is 5.95. The van der Waals surface area contributed by atoms with E-state index in [1.54, 1.807) is 54.9 Å². The molecule has 2 aromatic carbocycles. The zero-order valence-electron chi connectivity index (χ0n) is 15.8. The van der Waals surface area contributed by atoms with Crippen molar-refractivity contribution in [2.75, 3.05) is 11.9 Å². The number of nitrogens with zero attached hydrogens (tertiary/aromatic N) is 1. The van der Waals surface area contributed by atoms with Crippen molar-refractivity contribution in [1.82, 2.24) is 10.3 Å². The number of benzene rings is 2. The molecule has 29 heavy (non-hydrogen) atoms. The van der Waals surface area contributed by atoms with Gasteiger partial charge in [-0.05, 0) is 48.9 Å². The molecule has 0 fully saturated rings. The van der Waals surface area contributed by atoms with Crippen LogP contribution in [-0.4, -0.2) is 23.4 Å². The Labute approximate surface area is 173 Å². The number of aromatic nitrogens is 1. The van der Waals surface area contributed by atoms with E-state index in [-0.39, 0.29) is 11.8 Å². The van der Waals surface area contributed by atoms with Gasteiger partial charge >= 0.3 is 0 Å². The molecule has 1 aromatic heterocycles. The average Bonchev–Trinajstić information content (AvgIpc) is 2.74. The third-order valence-electron chi connectivity index (χ3n) is 4.09. The summed E-state index contributed by atoms with van der Waals surface area (Å²) in [6.45, 7) is 2.67. The highest BCUT2D eigenvalue weighted by molar-refractivity contribution is 6.32. The molecule has 1 heterocycles. The first-order chi connectivity index (χ1) is 14.1. The van der Waals surface area contributed by atoms with E-state index in [2.05, 4.69) is 15.6 Å². The standard InChI is InChI=1S/C22H20ClN3O3/c1-2-29-20-10-9-16(12-18(20)23)21(27)26-19-8-4-3-7-17(19)22(28)25-14-15-6-5-11-24-13-15/h3-13H,2,14H2,1H3,(H,25,28)(H,26,27). The van der Waals surface area contributed by atoms with Crippen LogP contribution in [0, 0.1) is 0 Å². The molecule has 0 saturated carbocycles. The lowest BCUT2D eigenvalue weighted by molar-refractivity contribution is 0.0951. The monoisotopic (exact) mass is 409 g/mol. The molecule has 3 rings (SSSR count). The summed E-state index contributed by atoms with van der Waals surface area (Å²) in [4.78, 5) is 29.3. The molecule has 0 spiro atoms. The number of para-hydroxylation sites is 1. The van der Waals surface area contributed by atoms with Gasteiger partial charge in [0.05, 0.1) is 22.9 Å². The molecule has 0 radical (unpaired) electrons. The minimum atomic E-state index is -0.373. The Bertz CT molecular complexity index is 1010. The van der Waals surface area contributed by atoms with Crippen molar-refractivity contribution in [2.45, 2.75) is 13.5 Å². The van der Waals surface area contributed by atoms with Gasteiger partial charge in [0, 0.05) is 24.5 Å². The Morgan fingerprint density at radius 2 is 1.90 bits per heavy atom. The quantitative estimate of drug-likeness (QED) is 0.609. The van der Waals surface area contributed by atoms with Crippen molar-refractivity contribution in [2.24, 2.45) is 0 Å². The minimum absolute atomic E-state index is 0.297. The lowest BCUT2D eigenvalue weighted by Gasteiger charge is -2.12. The van der Waals surface area contributed by atoms with Gasteiger partial charge in [-0.15, -0.1) is 0 Å². The van der Waals surface area contributed by atoms with Crippen LogP contribution < -0.4 is 15.4 Å². The number of amides is 2. The molecule has 0 aliphatic heterocycles. The topological polar surface area (TPSA) is 80.3 Å². The summed E-state index contributed by atoms with van der Waals surface area (Å²) < 4.78 is 5.38. The maximum absolute atomic E-state index is 12.6. The predicted molar refractivity (Wildman–Crippen MR) is 112 cm³/mol. The Hall–Kier alpha value is -3.38. The van der Waals surface area contributed by atoms with Crippen LogP contribution in [0.4, 0.5) is 5.69 Å². The number of carbonyl (C=O) groups is 2. The first kappa shape index (κ1) is 20.4. The molecule has 2 N–H and O–H groups in total. The third kappa shape index (κ3) is 5.33. The number of hydrogen-bond donors (Lipinski definition) is 2. The smallest absolute Gasteiger partial charge is 0.255 e. The van der Waals surface area contributed by atoms with Gasteiger partial charge in [-0.3, -0.25) is 14.6 Å². The summed E-state index contributed by atoms with van der Waals surface area (Å²) in [6, 6.07) is 15.3. The Balaban J connectivity index is 1.72. The number of ether oxygens (including phenoxy) is 1. The van der Waals surface area contributed by atoms with Crippen molar-refractivity contribution in [3.05, 3.63) is 88.7 Å². The fourth-order valence-electron chi connectivity index (χ4n) is 2.68. The van der Waals surface area contributed by atoms with E-state index in [0.29, 0.717) is 40.7 Å². The van der Waals surface area contributed by atoms with Crippen LogP contribution in [-0.2, 0) is 6.54 Å². The zero-order valence-corrected chi connectivity index (χ0v) is 16.6. The van der Waals surface area contributed by atoms with Crippen LogP contribution in [0.1, 0.15) is 33.2 Å². The van der Waals surface area contributed by atoms with Crippen LogP contribution in [0.2, 0.25) is 5.02 Å². The number of carbonyl (C=O) groups excluding carboxylic acids is 2. The van der Waals surface area contributed by atoms with Crippen molar-refractivity contribution in [1.29, 1.82) is 0 Å². The van der Waals surface area contributed by atoms with Crippen LogP contribution in [0.25, 0.3) is 0 Å². The fourth-order valence-corrected chi connectivity index (χ4v) is 2.91. The van der Waals surface area contributed by atoms with Gasteiger partial charge in [0.25, 0.3) is 11.8 Å². The maximum atomic E-state index is 12.6. The molecular weight excluding hydrogens is 390 g/mol. The summed E-state index contributed by atoms with van der Waals surface area (Å²) in [7, 11) is 0. The largest absolute Gasteiger partial charge is 0.492 e. The third-order valence-corrected chi connectivity index (χ3v) is 4.39. The number of anilines is 1. The van der Waals surface area contributed by atoms with Gasteiger partial charge in [-0.25, -0.2) is 0 Å². The van der Waals surface area contributed by atoms with Crippen molar-refractivity contribution in [3.63, 3.8) is 0 Å². The van der Waals surface area contributed by atoms with E-state index in [4.69, 9.17) is 16.3 Å². The number of nitrogens with one attached hydrogen (secondary N) is 2. The van der Waals surface area contributed by atoms with Gasteiger partial charge < -0.3 is 15.4 Å². The molecule has 0 atom stereocenters. The normalized spacial score (nSPS) is 10.3. The molecule has 0 aliphatic rings. The fraction of sp³-hybridized carbons (Fsp3) is 0.136. The SMILES string of the molecule is CCOc1ccc(C(=O)Nc2ccccc2C(=O)NCc2cccnc2)cc1Cl. The highest BCUT2D eigenvalue weighted by atomic mass is 35.5. The Kier molecular flexibility index (Phi) is 6.81. The first-order valence-electron chi connectivity index (χ1n) is 9.08. The molecule has 3 aromatic rings. The van der Waals surface area contributed by atoms with Crippen molar-refractivity contribution in [3.8, 4) is 5.75 Å². The van der Waals surface area contributed by atoms with Gasteiger partial charge in [0.2, 0.25) is 0 Å². The maximum Gasteiger partial charge on any atom is 0.255 e. The van der Waals surface area contributed by atoms with E-state index >= 15 is 0 Å². The van der Waals surface area contributed by atoms with Crippen LogP contribution in [0.15, 0.2) is 67.0 Å². The molecule has 6 nitrogen and oxygen atoms in total. The molecule has 0 bridgehead atoms. The second-order valence-electron chi connectivity index (χ2n) is 6.12. The van der Waals surface area contributed by atoms with E-state index in [1.807, 2.05) is 13.0 Å². The molecule has 7 heteroatoms. The number of pyridine rings is 1. The lowest BCUT2D eigenvalue weighted by Crippen LogP contribution is -2.25. The van der Waals surface area contributed by atoms with E-state index in [0.717, 1.165) is 5.56 Å². The van der Waals surface area contributed by atoms with E-state index in [1.165, 1.54) is 6.07 Å². The molecule has 0 aliphatic carbocycles. The zero-order chi connectivity index (χ0) is 20.6. The number of halogens is 1. The molecule has 0 unspecified atom stereocenters. The highest BCUT2D eigenvalue weighted by Gasteiger charge is 2.15. The van der Waals surface area contributed by atoms with Gasteiger partial charge in [-0.2, -0.15) is 0 Å². The average molecular weight is 410 g/mol. The van der Waals surface area contributed by atoms with E-state index in [9.17, 15) is 9.59 Å². The van der Waals surface area contributed by atoms with Gasteiger partial charge in [0.15, 0.2) is 0 Å². The molecular formula is C22H20ClN3O3. The Morgan fingerprint density at radius 3 is 2.62 bits per heavy atom. The second-order valence-corrected chi connectivity index (χ2v) is 6.53. The molecule has 2 amide bonds. The summed E-state index contributed by atoms with van der Waals surface area (Å²) in [5.74, 6) is -0.155. The predicted octanol–water partition coefficient (Wildman–Crippen LogP) is 4.32. The lowest BCUT2D eigenvalue weighted by atomic mass is 10.1. The number of rotatable bonds is 7. The Morgan fingerprint density at radius 1 is 1.07 bits per heavy atom. The van der Waals surface area contributed by atoms with Gasteiger partial charge in [0.1, 0.15) is 5.75 Å². The van der Waals surface area contributed by atoms with Crippen LogP contribution in [0.3, 0.4) is 0 Å². The van der Waals surface area contributed by atoms with Gasteiger partial charge in [-0.1, -0.05) is 29.8 Å². The van der Waals surface area contributed by atoms with Crippen LogP contribution in [0.5, 0.6) is 5.75 Å². The molecule has 0 saturated heterocycles. The highest BCUT2D eigenvalue weighted by Crippen LogP contribution is 2.26. The minimum Gasteiger partial charge on any atom is -0.492 e. The summed E-state index contributed by atoms with van der Waals surface area (Å²) >= 11 is 6.16.